The molecule has 2 aromatic heterocycles. The zero-order valence-corrected chi connectivity index (χ0v) is 11.9. The second-order valence-corrected chi connectivity index (χ2v) is 5.25. The van der Waals surface area contributed by atoms with Gasteiger partial charge in [0.1, 0.15) is 5.82 Å². The molecular formula is C15H14N4S. The van der Waals surface area contributed by atoms with Gasteiger partial charge in [-0.25, -0.2) is 0 Å². The second kappa shape index (κ2) is 5.88. The van der Waals surface area contributed by atoms with Crippen molar-refractivity contribution in [2.24, 2.45) is 0 Å². The monoisotopic (exact) mass is 282 g/mol. The maximum Gasteiger partial charge on any atom is 0.196 e. The quantitative estimate of drug-likeness (QED) is 0.689. The Bertz CT molecular complexity index is 680. The van der Waals surface area contributed by atoms with E-state index in [0.717, 1.165) is 28.1 Å². The van der Waals surface area contributed by atoms with E-state index in [1.54, 1.807) is 11.8 Å². The number of pyridine rings is 1. The highest BCUT2D eigenvalue weighted by Crippen LogP contribution is 2.24. The standard InChI is InChI=1S/C15H14N4S/c1-12-17-18-15(19(12)14-8-3-2-4-9-14)20-11-13-7-5-6-10-16-13/h2-10H,11H2,1H3. The summed E-state index contributed by atoms with van der Waals surface area (Å²) < 4.78 is 2.06. The molecule has 0 saturated heterocycles. The van der Waals surface area contributed by atoms with Crippen LogP contribution in [-0.4, -0.2) is 19.7 Å². The van der Waals surface area contributed by atoms with E-state index < -0.39 is 0 Å². The van der Waals surface area contributed by atoms with Crippen molar-refractivity contribution in [2.45, 2.75) is 17.8 Å². The fourth-order valence-electron chi connectivity index (χ4n) is 1.93. The lowest BCUT2D eigenvalue weighted by Gasteiger charge is -2.07. The minimum Gasteiger partial charge on any atom is -0.274 e. The smallest absolute Gasteiger partial charge is 0.196 e. The molecule has 2 heterocycles. The molecule has 1 aromatic carbocycles. The van der Waals surface area contributed by atoms with Crippen LogP contribution in [0.3, 0.4) is 0 Å². The number of nitrogens with zero attached hydrogens (tertiary/aromatic N) is 4. The van der Waals surface area contributed by atoms with Crippen LogP contribution in [0.2, 0.25) is 0 Å². The van der Waals surface area contributed by atoms with Crippen LogP contribution in [0.15, 0.2) is 59.9 Å². The second-order valence-electron chi connectivity index (χ2n) is 4.31. The SMILES string of the molecule is Cc1nnc(SCc2ccccn2)n1-c1ccccc1. The number of aryl methyl sites for hydroxylation is 1. The molecule has 0 spiro atoms. The van der Waals surface area contributed by atoms with Gasteiger partial charge in [-0.15, -0.1) is 10.2 Å². The zero-order chi connectivity index (χ0) is 13.8. The molecule has 100 valence electrons. The molecule has 3 aromatic rings. The average molecular weight is 282 g/mol. The number of thioether (sulfide) groups is 1. The molecule has 4 nitrogen and oxygen atoms in total. The molecule has 0 fully saturated rings. The van der Waals surface area contributed by atoms with Crippen molar-refractivity contribution < 1.29 is 0 Å². The normalized spacial score (nSPS) is 10.7. The van der Waals surface area contributed by atoms with Gasteiger partial charge >= 0.3 is 0 Å². The molecule has 20 heavy (non-hydrogen) atoms. The number of aromatic nitrogens is 4. The van der Waals surface area contributed by atoms with Crippen molar-refractivity contribution in [3.63, 3.8) is 0 Å². The molecule has 0 aliphatic carbocycles. The Morgan fingerprint density at radius 2 is 1.80 bits per heavy atom. The summed E-state index contributed by atoms with van der Waals surface area (Å²) in [5.41, 5.74) is 2.12. The highest BCUT2D eigenvalue weighted by molar-refractivity contribution is 7.98. The predicted octanol–water partition coefficient (Wildman–Crippen LogP) is 3.26. The fraction of sp³-hybridized carbons (Fsp3) is 0.133. The first-order valence-corrected chi connectivity index (χ1v) is 7.33. The molecule has 0 atom stereocenters. The topological polar surface area (TPSA) is 43.6 Å². The molecule has 0 aliphatic heterocycles. The predicted molar refractivity (Wildman–Crippen MR) is 79.9 cm³/mol. The lowest BCUT2D eigenvalue weighted by molar-refractivity contribution is 0.867. The van der Waals surface area contributed by atoms with Crippen molar-refractivity contribution in [1.82, 2.24) is 19.7 Å². The molecule has 0 saturated carbocycles. The summed E-state index contributed by atoms with van der Waals surface area (Å²) in [4.78, 5) is 4.32. The largest absolute Gasteiger partial charge is 0.274 e. The van der Waals surface area contributed by atoms with Crippen LogP contribution >= 0.6 is 11.8 Å². The molecule has 0 radical (unpaired) electrons. The molecule has 0 aliphatic rings. The Kier molecular flexibility index (Phi) is 3.78. The lowest BCUT2D eigenvalue weighted by Crippen LogP contribution is -1.99. The van der Waals surface area contributed by atoms with Gasteiger partial charge in [-0.3, -0.25) is 9.55 Å². The summed E-state index contributed by atoms with van der Waals surface area (Å²) in [5.74, 6) is 1.67. The Hall–Kier alpha value is -2.14. The Morgan fingerprint density at radius 3 is 2.55 bits per heavy atom. The maximum atomic E-state index is 4.32. The van der Waals surface area contributed by atoms with E-state index in [0.29, 0.717) is 0 Å². The highest BCUT2D eigenvalue weighted by atomic mass is 32.2. The van der Waals surface area contributed by atoms with Crippen LogP contribution in [0.4, 0.5) is 0 Å². The Labute approximate surface area is 121 Å². The summed E-state index contributed by atoms with van der Waals surface area (Å²) in [7, 11) is 0. The van der Waals surface area contributed by atoms with Gasteiger partial charge in [-0.2, -0.15) is 0 Å². The van der Waals surface area contributed by atoms with Gasteiger partial charge in [-0.1, -0.05) is 36.0 Å². The molecule has 0 N–H and O–H groups in total. The van der Waals surface area contributed by atoms with Crippen LogP contribution in [0.5, 0.6) is 0 Å². The first-order chi connectivity index (χ1) is 9.84. The zero-order valence-electron chi connectivity index (χ0n) is 11.1. The summed E-state index contributed by atoms with van der Waals surface area (Å²) in [6, 6.07) is 16.1. The van der Waals surface area contributed by atoms with Crippen molar-refractivity contribution in [3.8, 4) is 5.69 Å². The van der Waals surface area contributed by atoms with Gasteiger partial charge in [0.15, 0.2) is 5.16 Å². The van der Waals surface area contributed by atoms with Crippen LogP contribution in [0.25, 0.3) is 5.69 Å². The van der Waals surface area contributed by atoms with Crippen molar-refractivity contribution in [2.75, 3.05) is 0 Å². The Balaban J connectivity index is 1.85. The van der Waals surface area contributed by atoms with E-state index in [1.807, 2.05) is 49.5 Å². The molecule has 3 rings (SSSR count). The van der Waals surface area contributed by atoms with Crippen molar-refractivity contribution in [3.05, 3.63) is 66.2 Å². The van der Waals surface area contributed by atoms with E-state index in [4.69, 9.17) is 0 Å². The average Bonchev–Trinajstić information content (AvgIpc) is 2.88. The van der Waals surface area contributed by atoms with Crippen molar-refractivity contribution >= 4 is 11.8 Å². The first-order valence-electron chi connectivity index (χ1n) is 6.35. The Morgan fingerprint density at radius 1 is 1.00 bits per heavy atom. The third kappa shape index (κ3) is 2.72. The fourth-order valence-corrected chi connectivity index (χ4v) is 2.85. The number of benzene rings is 1. The van der Waals surface area contributed by atoms with Crippen molar-refractivity contribution in [1.29, 1.82) is 0 Å². The molecule has 0 unspecified atom stereocenters. The third-order valence-electron chi connectivity index (χ3n) is 2.88. The van der Waals surface area contributed by atoms with Gasteiger partial charge < -0.3 is 0 Å². The van der Waals surface area contributed by atoms with Crippen LogP contribution in [-0.2, 0) is 5.75 Å². The first kappa shape index (κ1) is 12.9. The van der Waals surface area contributed by atoms with Crippen LogP contribution in [0.1, 0.15) is 11.5 Å². The van der Waals surface area contributed by atoms with E-state index in [1.165, 1.54) is 0 Å². The maximum absolute atomic E-state index is 4.32. The third-order valence-corrected chi connectivity index (χ3v) is 3.85. The summed E-state index contributed by atoms with van der Waals surface area (Å²) in [6.45, 7) is 1.96. The number of rotatable bonds is 4. The van der Waals surface area contributed by atoms with E-state index in [-0.39, 0.29) is 0 Å². The molecule has 0 bridgehead atoms. The van der Waals surface area contributed by atoms with Crippen LogP contribution in [0, 0.1) is 6.92 Å². The summed E-state index contributed by atoms with van der Waals surface area (Å²) in [6.07, 6.45) is 1.81. The summed E-state index contributed by atoms with van der Waals surface area (Å²) >= 11 is 1.64. The van der Waals surface area contributed by atoms with E-state index in [9.17, 15) is 0 Å². The number of para-hydroxylation sites is 1. The highest BCUT2D eigenvalue weighted by Gasteiger charge is 2.11. The van der Waals surface area contributed by atoms with Gasteiger partial charge in [-0.05, 0) is 31.2 Å². The molecular weight excluding hydrogens is 268 g/mol. The minimum atomic E-state index is 0.784. The van der Waals surface area contributed by atoms with Gasteiger partial charge in [0.25, 0.3) is 0 Å². The minimum absolute atomic E-state index is 0.784. The van der Waals surface area contributed by atoms with Gasteiger partial charge in [0, 0.05) is 17.6 Å². The lowest BCUT2D eigenvalue weighted by atomic mass is 10.3. The number of hydrogen-bond acceptors (Lipinski definition) is 4. The van der Waals surface area contributed by atoms with Gasteiger partial charge in [0.2, 0.25) is 0 Å². The molecule has 0 amide bonds. The molecule has 5 heteroatoms. The van der Waals surface area contributed by atoms with E-state index in [2.05, 4.69) is 31.9 Å². The number of hydrogen-bond donors (Lipinski definition) is 0. The van der Waals surface area contributed by atoms with Crippen LogP contribution < -0.4 is 0 Å². The van der Waals surface area contributed by atoms with E-state index >= 15 is 0 Å². The van der Waals surface area contributed by atoms with Gasteiger partial charge in [0.05, 0.1) is 5.69 Å². The summed E-state index contributed by atoms with van der Waals surface area (Å²) in [5, 5.41) is 9.32.